The van der Waals surface area contributed by atoms with Gasteiger partial charge in [-0.3, -0.25) is 4.98 Å². The number of hydrogen-bond acceptors (Lipinski definition) is 3. The van der Waals surface area contributed by atoms with Crippen LogP contribution in [0.25, 0.3) is 0 Å². The Hall–Kier alpha value is -2.40. The van der Waals surface area contributed by atoms with E-state index >= 15 is 0 Å². The van der Waals surface area contributed by atoms with Crippen molar-refractivity contribution in [2.24, 2.45) is 0 Å². The van der Waals surface area contributed by atoms with Gasteiger partial charge in [-0.15, -0.1) is 0 Å². The quantitative estimate of drug-likeness (QED) is 0.857. The van der Waals surface area contributed by atoms with Crippen molar-refractivity contribution in [2.75, 3.05) is 18.5 Å². The van der Waals surface area contributed by atoms with E-state index in [1.807, 2.05) is 42.5 Å². The maximum absolute atomic E-state index is 12.1. The molecule has 1 aromatic carbocycles. The Kier molecular flexibility index (Phi) is 5.80. The minimum atomic E-state index is -0.184. The van der Waals surface area contributed by atoms with E-state index in [0.29, 0.717) is 6.54 Å². The molecule has 1 saturated heterocycles. The van der Waals surface area contributed by atoms with Gasteiger partial charge in [0.05, 0.1) is 6.10 Å². The molecule has 2 N–H and O–H groups in total. The smallest absolute Gasteiger partial charge is 0.319 e. The number of nitrogens with zero attached hydrogens (tertiary/aromatic N) is 1. The lowest BCUT2D eigenvalue weighted by Gasteiger charge is -2.14. The van der Waals surface area contributed by atoms with E-state index in [0.717, 1.165) is 49.2 Å². The zero-order chi connectivity index (χ0) is 16.6. The number of rotatable bonds is 6. The molecule has 5 nitrogen and oxygen atoms in total. The number of urea groups is 1. The lowest BCUT2D eigenvalue weighted by molar-refractivity contribution is 0.112. The van der Waals surface area contributed by atoms with Gasteiger partial charge in [-0.2, -0.15) is 0 Å². The lowest BCUT2D eigenvalue weighted by Crippen LogP contribution is -2.35. The van der Waals surface area contributed by atoms with Crippen LogP contribution in [-0.4, -0.2) is 30.3 Å². The summed E-state index contributed by atoms with van der Waals surface area (Å²) in [6.45, 7) is 1.35. The predicted molar refractivity (Wildman–Crippen MR) is 94.1 cm³/mol. The van der Waals surface area contributed by atoms with Gasteiger partial charge in [-0.25, -0.2) is 4.79 Å². The minimum Gasteiger partial charge on any atom is -0.376 e. The van der Waals surface area contributed by atoms with Gasteiger partial charge in [0, 0.05) is 30.7 Å². The van der Waals surface area contributed by atoms with Gasteiger partial charge in [0.25, 0.3) is 0 Å². The van der Waals surface area contributed by atoms with Gasteiger partial charge in [-0.05, 0) is 49.4 Å². The van der Waals surface area contributed by atoms with Crippen molar-refractivity contribution in [2.45, 2.75) is 31.8 Å². The number of carbonyl (C=O) groups excluding carboxylic acids is 1. The third-order valence-corrected chi connectivity index (χ3v) is 4.16. The first-order valence-corrected chi connectivity index (χ1v) is 8.45. The summed E-state index contributed by atoms with van der Waals surface area (Å²) in [4.78, 5) is 16.4. The van der Waals surface area contributed by atoms with E-state index in [2.05, 4.69) is 15.6 Å². The van der Waals surface area contributed by atoms with Gasteiger partial charge in [0.1, 0.15) is 0 Å². The first-order valence-electron chi connectivity index (χ1n) is 8.45. The fourth-order valence-electron chi connectivity index (χ4n) is 2.85. The van der Waals surface area contributed by atoms with Crippen molar-refractivity contribution in [3.05, 3.63) is 59.9 Å². The van der Waals surface area contributed by atoms with Crippen LogP contribution < -0.4 is 10.6 Å². The number of amides is 2. The summed E-state index contributed by atoms with van der Waals surface area (Å²) in [6.07, 6.45) is 5.72. The Labute approximate surface area is 142 Å². The second kappa shape index (κ2) is 8.45. The molecule has 0 saturated carbocycles. The average molecular weight is 325 g/mol. The van der Waals surface area contributed by atoms with Crippen LogP contribution in [0, 0.1) is 0 Å². The van der Waals surface area contributed by atoms with Crippen molar-refractivity contribution >= 4 is 11.7 Å². The molecule has 0 radical (unpaired) electrons. The lowest BCUT2D eigenvalue weighted by atomic mass is 10.1. The number of nitrogens with one attached hydrogen (secondary N) is 2. The SMILES string of the molecule is O=C(NC[C@H]1CCCO1)Nc1ccccc1CCc1ccccn1. The predicted octanol–water partition coefficient (Wildman–Crippen LogP) is 3.17. The van der Waals surface area contributed by atoms with Gasteiger partial charge in [0.2, 0.25) is 0 Å². The number of aromatic nitrogens is 1. The van der Waals surface area contributed by atoms with E-state index < -0.39 is 0 Å². The number of anilines is 1. The van der Waals surface area contributed by atoms with Crippen LogP contribution in [-0.2, 0) is 17.6 Å². The summed E-state index contributed by atoms with van der Waals surface area (Å²) in [5.74, 6) is 0. The van der Waals surface area contributed by atoms with Crippen molar-refractivity contribution in [1.29, 1.82) is 0 Å². The van der Waals surface area contributed by atoms with Crippen LogP contribution in [0.3, 0.4) is 0 Å². The Morgan fingerprint density at radius 1 is 1.17 bits per heavy atom. The fraction of sp³-hybridized carbons (Fsp3) is 0.368. The summed E-state index contributed by atoms with van der Waals surface area (Å²) in [7, 11) is 0. The maximum atomic E-state index is 12.1. The Morgan fingerprint density at radius 3 is 2.83 bits per heavy atom. The van der Waals surface area contributed by atoms with E-state index in [1.54, 1.807) is 6.20 Å². The molecule has 1 fully saturated rings. The van der Waals surface area contributed by atoms with Crippen molar-refractivity contribution < 1.29 is 9.53 Å². The number of pyridine rings is 1. The molecular weight excluding hydrogens is 302 g/mol. The van der Waals surface area contributed by atoms with E-state index in [4.69, 9.17) is 4.74 Å². The van der Waals surface area contributed by atoms with Crippen LogP contribution in [0.2, 0.25) is 0 Å². The second-order valence-electron chi connectivity index (χ2n) is 5.95. The van der Waals surface area contributed by atoms with Crippen molar-refractivity contribution in [1.82, 2.24) is 10.3 Å². The highest BCUT2D eigenvalue weighted by atomic mass is 16.5. The molecule has 2 heterocycles. The number of hydrogen-bond donors (Lipinski definition) is 2. The highest BCUT2D eigenvalue weighted by molar-refractivity contribution is 5.90. The van der Waals surface area contributed by atoms with Gasteiger partial charge in [0.15, 0.2) is 0 Å². The average Bonchev–Trinajstić information content (AvgIpc) is 3.14. The fourth-order valence-corrected chi connectivity index (χ4v) is 2.85. The summed E-state index contributed by atoms with van der Waals surface area (Å²) in [5.41, 5.74) is 3.00. The minimum absolute atomic E-state index is 0.148. The zero-order valence-electron chi connectivity index (χ0n) is 13.7. The molecule has 24 heavy (non-hydrogen) atoms. The van der Waals surface area contributed by atoms with E-state index in [1.165, 1.54) is 0 Å². The van der Waals surface area contributed by atoms with Gasteiger partial charge < -0.3 is 15.4 Å². The first kappa shape index (κ1) is 16.5. The molecule has 1 aliphatic heterocycles. The topological polar surface area (TPSA) is 63.2 Å². The number of carbonyl (C=O) groups is 1. The molecule has 5 heteroatoms. The number of para-hydroxylation sites is 1. The normalized spacial score (nSPS) is 16.8. The molecule has 0 spiro atoms. The van der Waals surface area contributed by atoms with Crippen LogP contribution in [0.1, 0.15) is 24.1 Å². The monoisotopic (exact) mass is 325 g/mol. The van der Waals surface area contributed by atoms with Crippen LogP contribution in [0.4, 0.5) is 10.5 Å². The molecule has 1 aromatic heterocycles. The summed E-state index contributed by atoms with van der Waals surface area (Å²) in [6, 6.07) is 13.6. The first-order chi connectivity index (χ1) is 11.8. The maximum Gasteiger partial charge on any atom is 0.319 e. The van der Waals surface area contributed by atoms with Gasteiger partial charge >= 0.3 is 6.03 Å². The van der Waals surface area contributed by atoms with Crippen molar-refractivity contribution in [3.63, 3.8) is 0 Å². The van der Waals surface area contributed by atoms with Gasteiger partial charge in [-0.1, -0.05) is 24.3 Å². The summed E-state index contributed by atoms with van der Waals surface area (Å²) >= 11 is 0. The van der Waals surface area contributed by atoms with Crippen molar-refractivity contribution in [3.8, 4) is 0 Å². The molecule has 3 rings (SSSR count). The molecule has 1 atom stereocenters. The largest absolute Gasteiger partial charge is 0.376 e. The highest BCUT2D eigenvalue weighted by Gasteiger charge is 2.16. The van der Waals surface area contributed by atoms with Crippen LogP contribution in [0.5, 0.6) is 0 Å². The molecular formula is C19H23N3O2. The second-order valence-corrected chi connectivity index (χ2v) is 5.95. The number of benzene rings is 1. The van der Waals surface area contributed by atoms with E-state index in [-0.39, 0.29) is 12.1 Å². The standard InChI is InChI=1S/C19H23N3O2/c23-19(21-14-17-8-5-13-24-17)22-18-9-2-1-6-15(18)10-11-16-7-3-4-12-20-16/h1-4,6-7,9,12,17H,5,8,10-11,13-14H2,(H2,21,22,23)/t17-/m1/s1. The molecule has 0 aliphatic carbocycles. The highest BCUT2D eigenvalue weighted by Crippen LogP contribution is 2.17. The molecule has 2 amide bonds. The summed E-state index contributed by atoms with van der Waals surface area (Å²) in [5, 5.41) is 5.83. The molecule has 0 bridgehead atoms. The third-order valence-electron chi connectivity index (χ3n) is 4.16. The molecule has 2 aromatic rings. The Morgan fingerprint density at radius 2 is 2.04 bits per heavy atom. The summed E-state index contributed by atoms with van der Waals surface area (Å²) < 4.78 is 5.52. The molecule has 1 aliphatic rings. The van der Waals surface area contributed by atoms with E-state index in [9.17, 15) is 4.79 Å². The number of ether oxygens (including phenoxy) is 1. The zero-order valence-corrected chi connectivity index (χ0v) is 13.7. The van der Waals surface area contributed by atoms with Crippen LogP contribution in [0.15, 0.2) is 48.7 Å². The molecule has 0 unspecified atom stereocenters. The van der Waals surface area contributed by atoms with Crippen LogP contribution >= 0.6 is 0 Å². The molecule has 126 valence electrons. The number of aryl methyl sites for hydroxylation is 2. The Bertz CT molecular complexity index is 655. The Balaban J connectivity index is 1.54. The third kappa shape index (κ3) is 4.80.